The van der Waals surface area contributed by atoms with Gasteiger partial charge >= 0.3 is 6.18 Å². The Morgan fingerprint density at radius 3 is 2.62 bits per heavy atom. The monoisotopic (exact) mass is 448 g/mol. The summed E-state index contributed by atoms with van der Waals surface area (Å²) >= 11 is 0. The average Bonchev–Trinajstić information content (AvgIpc) is 3.21. The van der Waals surface area contributed by atoms with Crippen molar-refractivity contribution >= 4 is 11.7 Å². The minimum absolute atomic E-state index is 0.0130. The number of benzene rings is 2. The van der Waals surface area contributed by atoms with Gasteiger partial charge in [0, 0.05) is 18.5 Å². The fraction of sp³-hybridized carbons (Fsp3) is 0.273. The summed E-state index contributed by atoms with van der Waals surface area (Å²) in [6.45, 7) is 0.0857. The summed E-state index contributed by atoms with van der Waals surface area (Å²) in [7, 11) is 1.45. The smallest absolute Gasteiger partial charge is 0.410 e. The normalized spacial score (nSPS) is 17.9. The van der Waals surface area contributed by atoms with Gasteiger partial charge in [0.2, 0.25) is 0 Å². The number of anilines is 1. The van der Waals surface area contributed by atoms with Crippen LogP contribution in [0.3, 0.4) is 0 Å². The van der Waals surface area contributed by atoms with Crippen molar-refractivity contribution in [2.24, 2.45) is 0 Å². The van der Waals surface area contributed by atoms with Crippen LogP contribution in [-0.4, -0.2) is 29.0 Å². The van der Waals surface area contributed by atoms with Crippen LogP contribution in [-0.2, 0) is 6.54 Å². The van der Waals surface area contributed by atoms with Gasteiger partial charge in [-0.15, -0.1) is 0 Å². The minimum atomic E-state index is -4.56. The molecule has 4 rings (SSSR count). The first kappa shape index (κ1) is 21.7. The molecule has 2 unspecified atom stereocenters. The predicted octanol–water partition coefficient (Wildman–Crippen LogP) is 4.62. The Morgan fingerprint density at radius 2 is 1.94 bits per heavy atom. The van der Waals surface area contributed by atoms with Gasteiger partial charge in [-0.05, 0) is 23.8 Å². The molecule has 0 radical (unpaired) electrons. The van der Waals surface area contributed by atoms with Gasteiger partial charge in [-0.2, -0.15) is 18.3 Å². The van der Waals surface area contributed by atoms with Gasteiger partial charge in [-0.25, -0.2) is 9.07 Å². The zero-order valence-corrected chi connectivity index (χ0v) is 17.0. The quantitative estimate of drug-likeness (QED) is 0.559. The third-order valence-electron chi connectivity index (χ3n) is 5.36. The molecule has 1 amide bonds. The number of hydrogen-bond donors (Lipinski definition) is 2. The number of aromatic nitrogens is 2. The lowest BCUT2D eigenvalue weighted by molar-refractivity contribution is -0.173. The summed E-state index contributed by atoms with van der Waals surface area (Å²) < 4.78 is 60.7. The largest absolute Gasteiger partial charge is 0.496 e. The molecule has 0 spiro atoms. The molecule has 3 aromatic rings. The van der Waals surface area contributed by atoms with E-state index in [9.17, 15) is 22.4 Å². The number of carbonyl (C=O) groups excluding carboxylic acids is 1. The Morgan fingerprint density at radius 1 is 1.22 bits per heavy atom. The number of ether oxygens (including phenoxy) is 1. The second kappa shape index (κ2) is 8.52. The molecule has 168 valence electrons. The predicted molar refractivity (Wildman–Crippen MR) is 109 cm³/mol. The number of para-hydroxylation sites is 1. The van der Waals surface area contributed by atoms with E-state index in [4.69, 9.17) is 4.74 Å². The van der Waals surface area contributed by atoms with E-state index >= 15 is 0 Å². The molecular formula is C22H20F4N4O2. The van der Waals surface area contributed by atoms with Gasteiger partial charge in [0.25, 0.3) is 5.91 Å². The molecule has 2 aromatic carbocycles. The Kier molecular flexibility index (Phi) is 5.77. The van der Waals surface area contributed by atoms with E-state index in [1.165, 1.54) is 31.4 Å². The summed E-state index contributed by atoms with van der Waals surface area (Å²) in [5.74, 6) is -0.576. The second-order valence-corrected chi connectivity index (χ2v) is 7.39. The molecule has 1 aliphatic rings. The third kappa shape index (κ3) is 4.25. The second-order valence-electron chi connectivity index (χ2n) is 7.39. The van der Waals surface area contributed by atoms with Gasteiger partial charge in [-0.1, -0.05) is 30.3 Å². The maximum absolute atomic E-state index is 13.9. The molecule has 10 heteroatoms. The van der Waals surface area contributed by atoms with Crippen molar-refractivity contribution in [3.05, 3.63) is 77.2 Å². The van der Waals surface area contributed by atoms with E-state index in [1.807, 2.05) is 0 Å². The van der Waals surface area contributed by atoms with Gasteiger partial charge < -0.3 is 15.4 Å². The van der Waals surface area contributed by atoms with E-state index < -0.39 is 30.0 Å². The van der Waals surface area contributed by atoms with Crippen molar-refractivity contribution in [2.75, 3.05) is 12.4 Å². The molecule has 2 heterocycles. The molecule has 32 heavy (non-hydrogen) atoms. The molecule has 0 fully saturated rings. The van der Waals surface area contributed by atoms with Crippen LogP contribution in [0.1, 0.15) is 40.0 Å². The van der Waals surface area contributed by atoms with Crippen molar-refractivity contribution in [2.45, 2.75) is 31.2 Å². The van der Waals surface area contributed by atoms with Crippen molar-refractivity contribution in [1.29, 1.82) is 0 Å². The maximum Gasteiger partial charge on any atom is 0.410 e. The average molecular weight is 448 g/mol. The first-order valence-electron chi connectivity index (χ1n) is 9.84. The summed E-state index contributed by atoms with van der Waals surface area (Å²) in [4.78, 5) is 12.8. The molecule has 1 aliphatic heterocycles. The lowest BCUT2D eigenvalue weighted by atomic mass is 9.95. The van der Waals surface area contributed by atoms with Crippen LogP contribution in [0.25, 0.3) is 0 Å². The fourth-order valence-electron chi connectivity index (χ4n) is 3.77. The van der Waals surface area contributed by atoms with Crippen LogP contribution < -0.4 is 15.4 Å². The highest BCUT2D eigenvalue weighted by Crippen LogP contribution is 2.45. The topological polar surface area (TPSA) is 68.2 Å². The summed E-state index contributed by atoms with van der Waals surface area (Å²) in [6.07, 6.45) is -3.76. The van der Waals surface area contributed by atoms with Crippen LogP contribution in [0.2, 0.25) is 0 Å². The molecular weight excluding hydrogens is 428 g/mol. The highest BCUT2D eigenvalue weighted by molar-refractivity contribution is 5.98. The molecule has 1 aromatic heterocycles. The molecule has 0 saturated heterocycles. The molecule has 6 nitrogen and oxygen atoms in total. The Hall–Kier alpha value is -3.56. The van der Waals surface area contributed by atoms with E-state index in [0.29, 0.717) is 16.9 Å². The molecule has 2 atom stereocenters. The first-order chi connectivity index (χ1) is 15.3. The molecule has 0 aliphatic carbocycles. The lowest BCUT2D eigenvalue weighted by Gasteiger charge is -2.34. The Bertz CT molecular complexity index is 1110. The lowest BCUT2D eigenvalue weighted by Crippen LogP contribution is -2.36. The van der Waals surface area contributed by atoms with E-state index in [2.05, 4.69) is 15.7 Å². The number of carbonyl (C=O) groups is 1. The molecule has 0 bridgehead atoms. The van der Waals surface area contributed by atoms with Crippen LogP contribution >= 0.6 is 0 Å². The van der Waals surface area contributed by atoms with E-state index in [-0.39, 0.29) is 24.3 Å². The maximum atomic E-state index is 13.9. The molecule has 2 N–H and O–H groups in total. The van der Waals surface area contributed by atoms with Crippen molar-refractivity contribution < 1.29 is 27.1 Å². The zero-order chi connectivity index (χ0) is 22.9. The van der Waals surface area contributed by atoms with Crippen LogP contribution in [0.15, 0.2) is 54.7 Å². The number of nitrogens with zero attached hydrogens (tertiary/aromatic N) is 2. The number of fused-ring (bicyclic) bond motifs is 1. The number of hydrogen-bond acceptors (Lipinski definition) is 4. The molecule has 0 saturated carbocycles. The fourth-order valence-corrected chi connectivity index (χ4v) is 3.77. The zero-order valence-electron chi connectivity index (χ0n) is 17.0. The summed E-state index contributed by atoms with van der Waals surface area (Å²) in [5.41, 5.74) is 1.18. The van der Waals surface area contributed by atoms with Crippen molar-refractivity contribution in [1.82, 2.24) is 15.1 Å². The van der Waals surface area contributed by atoms with E-state index in [1.54, 1.807) is 24.3 Å². The number of nitrogens with one attached hydrogen (secondary N) is 2. The SMILES string of the molecule is COc1ccccc1C1CC(C(F)(F)F)n2ncc(C(=O)NCc3ccc(F)cc3)c2N1. The third-order valence-corrected chi connectivity index (χ3v) is 5.36. The highest BCUT2D eigenvalue weighted by Gasteiger charge is 2.47. The van der Waals surface area contributed by atoms with Crippen molar-refractivity contribution in [3.63, 3.8) is 0 Å². The summed E-state index contributed by atoms with van der Waals surface area (Å²) in [5, 5.41) is 9.53. The number of rotatable bonds is 5. The minimum Gasteiger partial charge on any atom is -0.496 e. The van der Waals surface area contributed by atoms with Gasteiger partial charge in [0.05, 0.1) is 19.3 Å². The van der Waals surface area contributed by atoms with Gasteiger partial charge in [-0.3, -0.25) is 4.79 Å². The first-order valence-corrected chi connectivity index (χ1v) is 9.84. The van der Waals surface area contributed by atoms with Crippen molar-refractivity contribution in [3.8, 4) is 5.75 Å². The van der Waals surface area contributed by atoms with Crippen LogP contribution in [0, 0.1) is 5.82 Å². The van der Waals surface area contributed by atoms with Crippen LogP contribution in [0.4, 0.5) is 23.4 Å². The van der Waals surface area contributed by atoms with Gasteiger partial charge in [0.15, 0.2) is 6.04 Å². The van der Waals surface area contributed by atoms with Crippen LogP contribution in [0.5, 0.6) is 5.75 Å². The standard InChI is InChI=1S/C22H20F4N4O2/c1-32-18-5-3-2-4-15(18)17-10-19(22(24,25)26)30-20(29-17)16(12-28-30)21(31)27-11-13-6-8-14(23)9-7-13/h2-9,12,17,19,29H,10-11H2,1H3,(H,27,31). The number of halogens is 4. The number of methoxy groups -OCH3 is 1. The summed E-state index contributed by atoms with van der Waals surface area (Å²) in [6, 6.07) is 9.68. The van der Waals surface area contributed by atoms with E-state index in [0.717, 1.165) is 10.9 Å². The number of alkyl halides is 3. The Balaban J connectivity index is 1.63. The Labute approximate surface area is 181 Å². The number of amides is 1. The highest BCUT2D eigenvalue weighted by atomic mass is 19.4. The van der Waals surface area contributed by atoms with Gasteiger partial charge in [0.1, 0.15) is 22.9 Å².